The van der Waals surface area contributed by atoms with Crippen LogP contribution in [0.2, 0.25) is 0 Å². The van der Waals surface area contributed by atoms with E-state index in [0.29, 0.717) is 5.56 Å². The highest BCUT2D eigenvalue weighted by Gasteiger charge is 2.49. The number of nitrogens with zero attached hydrogens (tertiary/aromatic N) is 1. The summed E-state index contributed by atoms with van der Waals surface area (Å²) in [5.74, 6) is -3.35. The van der Waals surface area contributed by atoms with Gasteiger partial charge in [0.25, 0.3) is 0 Å². The van der Waals surface area contributed by atoms with Gasteiger partial charge < -0.3 is 8.92 Å². The van der Waals surface area contributed by atoms with E-state index in [9.17, 15) is 30.8 Å². The van der Waals surface area contributed by atoms with Crippen LogP contribution in [0.3, 0.4) is 0 Å². The lowest BCUT2D eigenvalue weighted by Crippen LogP contribution is -2.48. The zero-order valence-electron chi connectivity index (χ0n) is 21.7. The lowest BCUT2D eigenvalue weighted by atomic mass is 9.81. The van der Waals surface area contributed by atoms with Crippen LogP contribution in [-0.4, -0.2) is 50.2 Å². The predicted molar refractivity (Wildman–Crippen MR) is 131 cm³/mol. The molecule has 0 radical (unpaired) electrons. The van der Waals surface area contributed by atoms with Crippen LogP contribution in [0.1, 0.15) is 54.6 Å². The molecule has 13 heteroatoms. The number of carbonyl (C=O) groups is 1. The number of ether oxygens (including phenoxy) is 1. The van der Waals surface area contributed by atoms with Crippen molar-refractivity contribution in [2.45, 2.75) is 57.4 Å². The predicted octanol–water partition coefficient (Wildman–Crippen LogP) is 5.77. The first kappa shape index (κ1) is 30.5. The minimum absolute atomic E-state index is 0.0119. The molecule has 6 nitrogen and oxygen atoms in total. The second-order valence-corrected chi connectivity index (χ2v) is 11.4. The number of esters is 1. The molecule has 0 amide bonds. The van der Waals surface area contributed by atoms with Gasteiger partial charge >= 0.3 is 21.6 Å². The average molecular weight is 580 g/mol. The molecule has 0 saturated heterocycles. The zero-order chi connectivity index (χ0) is 29.5. The van der Waals surface area contributed by atoms with Gasteiger partial charge in [-0.3, -0.25) is 4.90 Å². The minimum atomic E-state index is -5.97. The van der Waals surface area contributed by atoms with Gasteiger partial charge in [-0.05, 0) is 80.6 Å². The first-order chi connectivity index (χ1) is 17.9. The summed E-state index contributed by atoms with van der Waals surface area (Å²) in [5, 5.41) is 0. The Labute approximate surface area is 222 Å². The van der Waals surface area contributed by atoms with E-state index in [1.807, 2.05) is 0 Å². The Bertz CT molecular complexity index is 1380. The fourth-order valence-corrected chi connectivity index (χ4v) is 5.09. The van der Waals surface area contributed by atoms with E-state index < -0.39 is 62.3 Å². The van der Waals surface area contributed by atoms with Crippen LogP contribution in [0, 0.1) is 18.6 Å². The Morgan fingerprint density at radius 1 is 1.13 bits per heavy atom. The first-order valence-electron chi connectivity index (χ1n) is 11.7. The lowest BCUT2D eigenvalue weighted by molar-refractivity contribution is -0.134. The van der Waals surface area contributed by atoms with E-state index in [1.165, 1.54) is 26.8 Å². The molecular formula is C26H27F6NO5S. The fraction of sp³-hybridized carbons (Fsp3) is 0.423. The van der Waals surface area contributed by atoms with Gasteiger partial charge in [-0.2, -0.15) is 21.6 Å². The summed E-state index contributed by atoms with van der Waals surface area (Å²) in [5.41, 5.74) is -7.28. The van der Waals surface area contributed by atoms with Crippen molar-refractivity contribution >= 4 is 22.2 Å². The number of fused-ring (bicyclic) bond motifs is 1. The SMILES string of the molecule is COC(=O)/C=C/c1cc(F)c([C@H]2c3ccc(OS(=O)(=O)C(F)(F)F)c(C)c3C[C@H](C)N2CC(C)(C)F)c(F)c1. The largest absolute Gasteiger partial charge is 0.534 e. The summed E-state index contributed by atoms with van der Waals surface area (Å²) in [6.07, 6.45) is 2.24. The number of benzene rings is 2. The first-order valence-corrected chi connectivity index (χ1v) is 13.1. The molecular weight excluding hydrogens is 552 g/mol. The van der Waals surface area contributed by atoms with Crippen LogP contribution >= 0.6 is 0 Å². The maximum absolute atomic E-state index is 15.5. The van der Waals surface area contributed by atoms with Gasteiger partial charge in [0.1, 0.15) is 23.1 Å². The van der Waals surface area contributed by atoms with Crippen molar-refractivity contribution in [2.24, 2.45) is 0 Å². The van der Waals surface area contributed by atoms with Gasteiger partial charge in [-0.1, -0.05) is 6.07 Å². The minimum Gasteiger partial charge on any atom is -0.466 e. The van der Waals surface area contributed by atoms with Crippen molar-refractivity contribution in [1.29, 1.82) is 0 Å². The number of methoxy groups -OCH3 is 1. The lowest BCUT2D eigenvalue weighted by Gasteiger charge is -2.44. The van der Waals surface area contributed by atoms with Crippen molar-refractivity contribution in [3.63, 3.8) is 0 Å². The Kier molecular flexibility index (Phi) is 8.47. The third kappa shape index (κ3) is 6.57. The maximum atomic E-state index is 15.5. The van der Waals surface area contributed by atoms with Crippen molar-refractivity contribution in [3.05, 3.63) is 69.8 Å². The summed E-state index contributed by atoms with van der Waals surface area (Å²) in [6, 6.07) is 2.38. The molecule has 3 rings (SSSR count). The molecule has 1 aliphatic rings. The molecule has 0 aromatic heterocycles. The average Bonchev–Trinajstić information content (AvgIpc) is 2.79. The number of hydrogen-bond acceptors (Lipinski definition) is 6. The summed E-state index contributed by atoms with van der Waals surface area (Å²) >= 11 is 0. The molecule has 2 aromatic rings. The maximum Gasteiger partial charge on any atom is 0.534 e. The Hall–Kier alpha value is -3.06. The molecule has 0 N–H and O–H groups in total. The van der Waals surface area contributed by atoms with Crippen molar-refractivity contribution < 1.29 is 48.5 Å². The van der Waals surface area contributed by atoms with Crippen LogP contribution in [0.5, 0.6) is 5.75 Å². The molecule has 2 aromatic carbocycles. The van der Waals surface area contributed by atoms with Crippen molar-refractivity contribution in [3.8, 4) is 5.75 Å². The van der Waals surface area contributed by atoms with Gasteiger partial charge in [0.05, 0.1) is 13.2 Å². The third-order valence-electron chi connectivity index (χ3n) is 6.31. The number of alkyl halides is 4. The highest BCUT2D eigenvalue weighted by Crippen LogP contribution is 2.44. The monoisotopic (exact) mass is 579 g/mol. The third-order valence-corrected chi connectivity index (χ3v) is 7.27. The highest BCUT2D eigenvalue weighted by atomic mass is 32.2. The Morgan fingerprint density at radius 2 is 1.72 bits per heavy atom. The van der Waals surface area contributed by atoms with Crippen LogP contribution in [0.25, 0.3) is 6.08 Å². The highest BCUT2D eigenvalue weighted by molar-refractivity contribution is 7.88. The van der Waals surface area contributed by atoms with Gasteiger partial charge in [0.2, 0.25) is 0 Å². The smallest absolute Gasteiger partial charge is 0.466 e. The molecule has 39 heavy (non-hydrogen) atoms. The van der Waals surface area contributed by atoms with E-state index in [4.69, 9.17) is 0 Å². The molecule has 1 heterocycles. The number of rotatable bonds is 7. The normalized spacial score (nSPS) is 18.7. The number of carbonyl (C=O) groups excluding carboxylic acids is 1. The standard InChI is InChI=1S/C26H27F6NO5S/c1-14-10-18-15(2)21(38-39(35,36)26(30,31)32)8-7-17(18)24(33(14)13-25(3,4)29)23-19(27)11-16(12-20(23)28)6-9-22(34)37-5/h6-9,11-12,14,24H,10,13H2,1-5H3/b9-6+/t14-,24+/m0/s1. The molecule has 214 valence electrons. The summed E-state index contributed by atoms with van der Waals surface area (Å²) in [6.45, 7) is 5.34. The Balaban J connectivity index is 2.20. The van der Waals surface area contributed by atoms with Crippen LogP contribution in [0.4, 0.5) is 26.3 Å². The molecule has 1 aliphatic heterocycles. The number of halogens is 6. The topological polar surface area (TPSA) is 72.9 Å². The Morgan fingerprint density at radius 3 is 2.23 bits per heavy atom. The van der Waals surface area contributed by atoms with Gasteiger partial charge in [-0.25, -0.2) is 18.0 Å². The summed E-state index contributed by atoms with van der Waals surface area (Å²) in [7, 11) is -4.83. The fourth-order valence-electron chi connectivity index (χ4n) is 4.58. The molecule has 0 unspecified atom stereocenters. The van der Waals surface area contributed by atoms with E-state index in [-0.39, 0.29) is 29.7 Å². The molecule has 0 aliphatic carbocycles. The van der Waals surface area contributed by atoms with E-state index in [1.54, 1.807) is 11.8 Å². The molecule has 0 saturated carbocycles. The zero-order valence-corrected chi connectivity index (χ0v) is 22.5. The molecule has 2 atom stereocenters. The van der Waals surface area contributed by atoms with Gasteiger partial charge in [0.15, 0.2) is 0 Å². The second kappa shape index (κ2) is 10.8. The summed E-state index contributed by atoms with van der Waals surface area (Å²) in [4.78, 5) is 12.9. The molecule has 0 spiro atoms. The van der Waals surface area contributed by atoms with Gasteiger partial charge in [0, 0.05) is 24.2 Å². The summed E-state index contributed by atoms with van der Waals surface area (Å²) < 4.78 is 117. The molecule has 0 fully saturated rings. The van der Waals surface area contributed by atoms with E-state index in [0.717, 1.165) is 37.5 Å². The number of hydrogen-bond donors (Lipinski definition) is 0. The quantitative estimate of drug-likeness (QED) is 0.136. The van der Waals surface area contributed by atoms with Gasteiger partial charge in [-0.15, -0.1) is 0 Å². The van der Waals surface area contributed by atoms with Crippen LogP contribution < -0.4 is 4.18 Å². The van der Waals surface area contributed by atoms with E-state index >= 15 is 8.78 Å². The van der Waals surface area contributed by atoms with Crippen LogP contribution in [0.15, 0.2) is 30.3 Å². The second-order valence-electron chi connectivity index (χ2n) is 9.84. The van der Waals surface area contributed by atoms with Crippen LogP contribution in [-0.2, 0) is 26.1 Å². The van der Waals surface area contributed by atoms with Crippen molar-refractivity contribution in [1.82, 2.24) is 4.90 Å². The van der Waals surface area contributed by atoms with Crippen molar-refractivity contribution in [2.75, 3.05) is 13.7 Å². The molecule has 0 bridgehead atoms. The van der Waals surface area contributed by atoms with E-state index in [2.05, 4.69) is 8.92 Å².